The van der Waals surface area contributed by atoms with Crippen molar-refractivity contribution in [1.29, 1.82) is 0 Å². The predicted octanol–water partition coefficient (Wildman–Crippen LogP) is 1.40. The van der Waals surface area contributed by atoms with Crippen molar-refractivity contribution in [2.45, 2.75) is 6.92 Å². The van der Waals surface area contributed by atoms with Gasteiger partial charge in [0.15, 0.2) is 0 Å². The molecule has 0 fully saturated rings. The summed E-state index contributed by atoms with van der Waals surface area (Å²) in [6.45, 7) is 1.58. The molecule has 1 aliphatic rings. The monoisotopic (exact) mass is 259 g/mol. The van der Waals surface area contributed by atoms with Gasteiger partial charge in [-0.05, 0) is 19.1 Å². The molecule has 2 rings (SSSR count). The number of methoxy groups -OCH3 is 1. The summed E-state index contributed by atoms with van der Waals surface area (Å²) >= 11 is 0. The van der Waals surface area contributed by atoms with Crippen molar-refractivity contribution in [3.05, 3.63) is 47.0 Å². The topological polar surface area (TPSA) is 63.7 Å². The van der Waals surface area contributed by atoms with Crippen LogP contribution in [0.3, 0.4) is 0 Å². The number of ether oxygens (including phenoxy) is 1. The van der Waals surface area contributed by atoms with Gasteiger partial charge in [0.05, 0.1) is 30.4 Å². The van der Waals surface area contributed by atoms with Gasteiger partial charge >= 0.3 is 5.97 Å². The van der Waals surface area contributed by atoms with Crippen LogP contribution in [0.2, 0.25) is 0 Å². The van der Waals surface area contributed by atoms with Crippen LogP contribution in [0.1, 0.15) is 27.6 Å². The summed E-state index contributed by atoms with van der Waals surface area (Å²) in [5.74, 6) is -1.31. The minimum atomic E-state index is -0.543. The van der Waals surface area contributed by atoms with Gasteiger partial charge in [-0.3, -0.25) is 14.5 Å². The summed E-state index contributed by atoms with van der Waals surface area (Å²) in [7, 11) is 1.26. The third kappa shape index (κ3) is 2.14. The Morgan fingerprint density at radius 1 is 1.21 bits per heavy atom. The molecule has 0 saturated heterocycles. The summed E-state index contributed by atoms with van der Waals surface area (Å²) in [6.07, 6.45) is 1.54. The van der Waals surface area contributed by atoms with Gasteiger partial charge in [0.1, 0.15) is 0 Å². The number of carbonyl (C=O) groups is 3. The van der Waals surface area contributed by atoms with E-state index in [4.69, 9.17) is 0 Å². The highest BCUT2D eigenvalue weighted by atomic mass is 16.5. The highest BCUT2D eigenvalue weighted by molar-refractivity contribution is 6.21. The van der Waals surface area contributed by atoms with Crippen molar-refractivity contribution in [1.82, 2.24) is 4.90 Å². The largest absolute Gasteiger partial charge is 0.466 e. The molecule has 0 atom stereocenters. The Balaban J connectivity index is 2.28. The first-order valence-electron chi connectivity index (χ1n) is 5.79. The van der Waals surface area contributed by atoms with E-state index in [2.05, 4.69) is 4.74 Å². The van der Waals surface area contributed by atoms with Gasteiger partial charge in [-0.15, -0.1) is 0 Å². The Hall–Kier alpha value is -2.43. The van der Waals surface area contributed by atoms with Crippen molar-refractivity contribution in [2.75, 3.05) is 13.7 Å². The molecule has 0 radical (unpaired) electrons. The minimum absolute atomic E-state index is 0.0739. The van der Waals surface area contributed by atoms with Crippen LogP contribution in [-0.4, -0.2) is 36.3 Å². The number of fused-ring (bicyclic) bond motifs is 1. The maximum absolute atomic E-state index is 12.1. The molecule has 1 aromatic carbocycles. The average molecular weight is 259 g/mol. The standard InChI is InChI=1S/C14H13NO4/c1-3-9(14(18)19-2)8-15-12(16)10-6-4-5-7-11(10)13(15)17/h3-7H,8H2,1-2H3/b9-3+. The van der Waals surface area contributed by atoms with Crippen LogP contribution in [0, 0.1) is 0 Å². The van der Waals surface area contributed by atoms with E-state index in [-0.39, 0.29) is 23.9 Å². The van der Waals surface area contributed by atoms with E-state index in [1.165, 1.54) is 13.2 Å². The van der Waals surface area contributed by atoms with Crippen molar-refractivity contribution in [3.63, 3.8) is 0 Å². The van der Waals surface area contributed by atoms with Gasteiger partial charge in [-0.1, -0.05) is 18.2 Å². The van der Waals surface area contributed by atoms with Crippen LogP contribution in [0.5, 0.6) is 0 Å². The van der Waals surface area contributed by atoms with E-state index in [0.29, 0.717) is 11.1 Å². The summed E-state index contributed by atoms with van der Waals surface area (Å²) < 4.78 is 4.60. The molecule has 1 aromatic rings. The first-order chi connectivity index (χ1) is 9.10. The Morgan fingerprint density at radius 2 is 1.74 bits per heavy atom. The summed E-state index contributed by atoms with van der Waals surface area (Å²) in [5.41, 5.74) is 1.01. The molecule has 98 valence electrons. The van der Waals surface area contributed by atoms with Crippen LogP contribution in [0.4, 0.5) is 0 Å². The van der Waals surface area contributed by atoms with E-state index in [1.807, 2.05) is 0 Å². The fourth-order valence-corrected chi connectivity index (χ4v) is 1.96. The lowest BCUT2D eigenvalue weighted by molar-refractivity contribution is -0.136. The fraction of sp³-hybridized carbons (Fsp3) is 0.214. The van der Waals surface area contributed by atoms with E-state index in [0.717, 1.165) is 4.90 Å². The Labute approximate surface area is 110 Å². The van der Waals surface area contributed by atoms with Crippen LogP contribution < -0.4 is 0 Å². The van der Waals surface area contributed by atoms with Gasteiger partial charge < -0.3 is 4.74 Å². The fourth-order valence-electron chi connectivity index (χ4n) is 1.96. The van der Waals surface area contributed by atoms with Gasteiger partial charge in [-0.25, -0.2) is 4.79 Å². The van der Waals surface area contributed by atoms with Gasteiger partial charge in [0, 0.05) is 0 Å². The molecule has 1 heterocycles. The second-order valence-electron chi connectivity index (χ2n) is 4.05. The summed E-state index contributed by atoms with van der Waals surface area (Å²) in [6, 6.07) is 6.60. The molecule has 1 aliphatic heterocycles. The molecule has 0 unspecified atom stereocenters. The molecule has 0 saturated carbocycles. The molecule has 0 aliphatic carbocycles. The summed E-state index contributed by atoms with van der Waals surface area (Å²) in [4.78, 5) is 36.7. The van der Waals surface area contributed by atoms with Crippen LogP contribution in [-0.2, 0) is 9.53 Å². The number of rotatable bonds is 3. The van der Waals surface area contributed by atoms with E-state index >= 15 is 0 Å². The molecule has 19 heavy (non-hydrogen) atoms. The number of allylic oxidation sites excluding steroid dienone is 1. The average Bonchev–Trinajstić information content (AvgIpc) is 2.68. The maximum atomic E-state index is 12.1. The van der Waals surface area contributed by atoms with Gasteiger partial charge in [-0.2, -0.15) is 0 Å². The number of benzene rings is 1. The molecule has 0 N–H and O–H groups in total. The summed E-state index contributed by atoms with van der Waals surface area (Å²) in [5, 5.41) is 0. The van der Waals surface area contributed by atoms with Crippen LogP contribution >= 0.6 is 0 Å². The number of esters is 1. The first kappa shape index (κ1) is 13.0. The van der Waals surface area contributed by atoms with Crippen molar-refractivity contribution in [2.24, 2.45) is 0 Å². The van der Waals surface area contributed by atoms with E-state index < -0.39 is 5.97 Å². The lowest BCUT2D eigenvalue weighted by Crippen LogP contribution is -2.33. The van der Waals surface area contributed by atoms with Crippen molar-refractivity contribution < 1.29 is 19.1 Å². The second kappa shape index (κ2) is 5.06. The SMILES string of the molecule is C/C=C(\CN1C(=O)c2ccccc2C1=O)C(=O)OC. The lowest BCUT2D eigenvalue weighted by Gasteiger charge is -2.14. The number of hydrogen-bond acceptors (Lipinski definition) is 4. The zero-order valence-corrected chi connectivity index (χ0v) is 10.7. The number of imide groups is 1. The highest BCUT2D eigenvalue weighted by Gasteiger charge is 2.36. The van der Waals surface area contributed by atoms with Gasteiger partial charge in [0.25, 0.3) is 11.8 Å². The number of hydrogen-bond donors (Lipinski definition) is 0. The number of amides is 2. The third-order valence-corrected chi connectivity index (χ3v) is 3.00. The maximum Gasteiger partial charge on any atom is 0.335 e. The third-order valence-electron chi connectivity index (χ3n) is 3.00. The van der Waals surface area contributed by atoms with Crippen molar-refractivity contribution in [3.8, 4) is 0 Å². The molecule has 2 amide bonds. The second-order valence-corrected chi connectivity index (χ2v) is 4.05. The lowest BCUT2D eigenvalue weighted by atomic mass is 10.1. The zero-order chi connectivity index (χ0) is 14.0. The van der Waals surface area contributed by atoms with E-state index in [9.17, 15) is 14.4 Å². The number of nitrogens with zero attached hydrogens (tertiary/aromatic N) is 1. The molecule has 0 bridgehead atoms. The quantitative estimate of drug-likeness (QED) is 0.467. The molecule has 5 nitrogen and oxygen atoms in total. The predicted molar refractivity (Wildman–Crippen MR) is 67.6 cm³/mol. The molecule has 0 aromatic heterocycles. The van der Waals surface area contributed by atoms with Crippen molar-refractivity contribution >= 4 is 17.8 Å². The molecule has 0 spiro atoms. The first-order valence-corrected chi connectivity index (χ1v) is 5.79. The normalized spacial score (nSPS) is 14.6. The Kier molecular flexibility index (Phi) is 3.46. The number of carbonyl (C=O) groups excluding carboxylic acids is 3. The molecular weight excluding hydrogens is 246 g/mol. The van der Waals surface area contributed by atoms with Gasteiger partial charge in [0.2, 0.25) is 0 Å². The molecular formula is C14H13NO4. The smallest absolute Gasteiger partial charge is 0.335 e. The zero-order valence-electron chi connectivity index (χ0n) is 10.7. The Morgan fingerprint density at radius 3 is 2.16 bits per heavy atom. The minimum Gasteiger partial charge on any atom is -0.466 e. The highest BCUT2D eigenvalue weighted by Crippen LogP contribution is 2.23. The van der Waals surface area contributed by atoms with E-state index in [1.54, 1.807) is 31.2 Å². The van der Waals surface area contributed by atoms with Crippen LogP contribution in [0.15, 0.2) is 35.9 Å². The Bertz CT molecular complexity index is 554. The molecule has 5 heteroatoms. The van der Waals surface area contributed by atoms with Crippen LogP contribution in [0.25, 0.3) is 0 Å².